The van der Waals surface area contributed by atoms with Crippen molar-refractivity contribution in [2.75, 3.05) is 7.11 Å². The first-order chi connectivity index (χ1) is 10.2. The lowest BCUT2D eigenvalue weighted by Crippen LogP contribution is -2.50. The third-order valence-corrected chi connectivity index (χ3v) is 3.83. The van der Waals surface area contributed by atoms with Crippen LogP contribution in [0.5, 0.6) is 11.5 Å². The highest BCUT2D eigenvalue weighted by molar-refractivity contribution is 5.77. The summed E-state index contributed by atoms with van der Waals surface area (Å²) in [5, 5.41) is 0. The number of alkyl halides is 3. The van der Waals surface area contributed by atoms with E-state index in [-0.39, 0.29) is 0 Å². The minimum atomic E-state index is -4.75. The molecule has 7 heteroatoms. The molecule has 0 spiro atoms. The van der Waals surface area contributed by atoms with Crippen molar-refractivity contribution in [3.05, 3.63) is 24.3 Å². The summed E-state index contributed by atoms with van der Waals surface area (Å²) < 4.78 is 55.5. The predicted molar refractivity (Wildman–Crippen MR) is 71.7 cm³/mol. The van der Waals surface area contributed by atoms with Gasteiger partial charge in [-0.2, -0.15) is 13.2 Å². The van der Waals surface area contributed by atoms with E-state index in [1.54, 1.807) is 31.2 Å². The van der Waals surface area contributed by atoms with Gasteiger partial charge >= 0.3 is 12.1 Å². The Bertz CT molecular complexity index is 558. The number of benzene rings is 1. The molecule has 3 atom stereocenters. The second kappa shape index (κ2) is 5.70. The van der Waals surface area contributed by atoms with Gasteiger partial charge in [0.15, 0.2) is 16.9 Å². The predicted octanol–water partition coefficient (Wildman–Crippen LogP) is 3.35. The molecule has 0 N–H and O–H groups in total. The van der Waals surface area contributed by atoms with E-state index in [2.05, 4.69) is 4.74 Å². The molecule has 2 rings (SSSR count). The topological polar surface area (TPSA) is 44.8 Å². The number of ether oxygens (including phenoxy) is 3. The second-order valence-corrected chi connectivity index (χ2v) is 5.45. The zero-order valence-corrected chi connectivity index (χ0v) is 12.4. The van der Waals surface area contributed by atoms with Crippen LogP contribution in [0.1, 0.15) is 20.3 Å². The van der Waals surface area contributed by atoms with Crippen LogP contribution < -0.4 is 9.47 Å². The van der Waals surface area contributed by atoms with Gasteiger partial charge < -0.3 is 14.2 Å². The van der Waals surface area contributed by atoms with Gasteiger partial charge in [-0.1, -0.05) is 12.1 Å². The molecule has 0 radical (unpaired) electrons. The SMILES string of the molecule is COC(=O)C(C)(CC1Oc2ccccc2OC1C)C(F)(F)F. The smallest absolute Gasteiger partial charge is 0.404 e. The summed E-state index contributed by atoms with van der Waals surface area (Å²) in [7, 11) is 0.934. The van der Waals surface area contributed by atoms with E-state index in [1.165, 1.54) is 0 Å². The third kappa shape index (κ3) is 2.84. The summed E-state index contributed by atoms with van der Waals surface area (Å²) in [4.78, 5) is 11.7. The Hall–Kier alpha value is -1.92. The molecule has 1 aliphatic heterocycles. The number of methoxy groups -OCH3 is 1. The molecule has 1 aromatic rings. The van der Waals surface area contributed by atoms with E-state index in [1.807, 2.05) is 0 Å². The molecule has 1 aromatic carbocycles. The zero-order valence-electron chi connectivity index (χ0n) is 12.4. The highest BCUT2D eigenvalue weighted by Crippen LogP contribution is 2.45. The number of hydrogen-bond donors (Lipinski definition) is 0. The molecule has 3 unspecified atom stereocenters. The lowest BCUT2D eigenvalue weighted by atomic mass is 9.82. The molecule has 1 heterocycles. The fourth-order valence-corrected chi connectivity index (χ4v) is 2.33. The minimum Gasteiger partial charge on any atom is -0.483 e. The Labute approximate surface area is 126 Å². The summed E-state index contributed by atoms with van der Waals surface area (Å²) in [6.07, 6.45) is -6.87. The van der Waals surface area contributed by atoms with Crippen LogP contribution in [0.2, 0.25) is 0 Å². The molecule has 1 aliphatic rings. The summed E-state index contributed by atoms with van der Waals surface area (Å²) in [6.45, 7) is 2.42. The minimum absolute atomic E-state index is 0.361. The molecular formula is C15H17F3O4. The van der Waals surface area contributed by atoms with E-state index in [0.29, 0.717) is 11.5 Å². The summed E-state index contributed by atoms with van der Waals surface area (Å²) in [5.74, 6) is -0.507. The van der Waals surface area contributed by atoms with Crippen LogP contribution in [-0.2, 0) is 9.53 Å². The summed E-state index contributed by atoms with van der Waals surface area (Å²) >= 11 is 0. The fourth-order valence-electron chi connectivity index (χ4n) is 2.33. The van der Waals surface area contributed by atoms with Gasteiger partial charge in [0.1, 0.15) is 12.2 Å². The number of para-hydroxylation sites is 2. The molecule has 0 amide bonds. The van der Waals surface area contributed by atoms with Gasteiger partial charge in [0.25, 0.3) is 0 Å². The maximum absolute atomic E-state index is 13.3. The van der Waals surface area contributed by atoms with Crippen molar-refractivity contribution < 1.29 is 32.2 Å². The lowest BCUT2D eigenvalue weighted by Gasteiger charge is -2.37. The van der Waals surface area contributed by atoms with Gasteiger partial charge in [0.2, 0.25) is 0 Å². The highest BCUT2D eigenvalue weighted by atomic mass is 19.4. The molecule has 0 saturated heterocycles. The first-order valence-corrected chi connectivity index (χ1v) is 6.76. The Morgan fingerprint density at radius 2 is 1.77 bits per heavy atom. The van der Waals surface area contributed by atoms with Gasteiger partial charge in [-0.15, -0.1) is 0 Å². The van der Waals surface area contributed by atoms with Crippen molar-refractivity contribution in [2.45, 2.75) is 38.7 Å². The van der Waals surface area contributed by atoms with Crippen LogP contribution in [0.25, 0.3) is 0 Å². The molecule has 22 heavy (non-hydrogen) atoms. The first-order valence-electron chi connectivity index (χ1n) is 6.76. The Morgan fingerprint density at radius 3 is 2.27 bits per heavy atom. The summed E-state index contributed by atoms with van der Waals surface area (Å²) in [6, 6.07) is 6.71. The standard InChI is InChI=1S/C15H17F3O4/c1-9-12(22-11-7-5-4-6-10(11)21-9)8-14(2,13(19)20-3)15(16,17)18/h4-7,9,12H,8H2,1-3H3. The Kier molecular flexibility index (Phi) is 4.26. The van der Waals surface area contributed by atoms with Crippen LogP contribution >= 0.6 is 0 Å². The molecule has 0 bridgehead atoms. The lowest BCUT2D eigenvalue weighted by molar-refractivity contribution is -0.236. The quantitative estimate of drug-likeness (QED) is 0.802. The van der Waals surface area contributed by atoms with E-state index < -0.39 is 36.2 Å². The molecule has 0 fully saturated rings. The van der Waals surface area contributed by atoms with Crippen molar-refractivity contribution in [1.29, 1.82) is 0 Å². The molecule has 0 aliphatic carbocycles. The van der Waals surface area contributed by atoms with Crippen LogP contribution in [0.4, 0.5) is 13.2 Å². The highest BCUT2D eigenvalue weighted by Gasteiger charge is 2.59. The van der Waals surface area contributed by atoms with Gasteiger partial charge in [-0.25, -0.2) is 0 Å². The first kappa shape index (κ1) is 16.5. The largest absolute Gasteiger partial charge is 0.483 e. The number of hydrogen-bond acceptors (Lipinski definition) is 4. The van der Waals surface area contributed by atoms with Crippen molar-refractivity contribution in [3.8, 4) is 11.5 Å². The van der Waals surface area contributed by atoms with Crippen molar-refractivity contribution in [2.24, 2.45) is 5.41 Å². The van der Waals surface area contributed by atoms with E-state index >= 15 is 0 Å². The Balaban J connectivity index is 2.26. The molecule has 122 valence electrons. The average Bonchev–Trinajstić information content (AvgIpc) is 2.45. The number of rotatable bonds is 3. The maximum atomic E-state index is 13.3. The fraction of sp³-hybridized carbons (Fsp3) is 0.533. The molecular weight excluding hydrogens is 301 g/mol. The van der Waals surface area contributed by atoms with E-state index in [0.717, 1.165) is 14.0 Å². The monoisotopic (exact) mass is 318 g/mol. The number of fused-ring (bicyclic) bond motifs is 1. The number of carbonyl (C=O) groups is 1. The molecule has 0 aromatic heterocycles. The van der Waals surface area contributed by atoms with Gasteiger partial charge in [-0.05, 0) is 26.0 Å². The molecule has 0 saturated carbocycles. The van der Waals surface area contributed by atoms with E-state index in [4.69, 9.17) is 9.47 Å². The van der Waals surface area contributed by atoms with Crippen molar-refractivity contribution in [1.82, 2.24) is 0 Å². The van der Waals surface area contributed by atoms with Crippen molar-refractivity contribution >= 4 is 5.97 Å². The Morgan fingerprint density at radius 1 is 1.23 bits per heavy atom. The van der Waals surface area contributed by atoms with Gasteiger partial charge in [-0.3, -0.25) is 4.79 Å². The van der Waals surface area contributed by atoms with Crippen molar-refractivity contribution in [3.63, 3.8) is 0 Å². The van der Waals surface area contributed by atoms with Gasteiger partial charge in [0, 0.05) is 6.42 Å². The van der Waals surface area contributed by atoms with Gasteiger partial charge in [0.05, 0.1) is 7.11 Å². The van der Waals surface area contributed by atoms with Crippen LogP contribution in [0, 0.1) is 5.41 Å². The number of halogens is 3. The number of carbonyl (C=O) groups excluding carboxylic acids is 1. The average molecular weight is 318 g/mol. The van der Waals surface area contributed by atoms with Crippen LogP contribution in [0.3, 0.4) is 0 Å². The summed E-state index contributed by atoms with van der Waals surface area (Å²) in [5.41, 5.74) is -2.66. The second-order valence-electron chi connectivity index (χ2n) is 5.45. The maximum Gasteiger partial charge on any atom is 0.404 e. The van der Waals surface area contributed by atoms with E-state index in [9.17, 15) is 18.0 Å². The molecule has 4 nitrogen and oxygen atoms in total. The zero-order chi connectivity index (χ0) is 16.5. The normalized spacial score (nSPS) is 23.5. The van der Waals surface area contributed by atoms with Crippen LogP contribution in [0.15, 0.2) is 24.3 Å². The number of esters is 1. The third-order valence-electron chi connectivity index (χ3n) is 3.83. The van der Waals surface area contributed by atoms with Crippen LogP contribution in [-0.4, -0.2) is 31.5 Å².